The second kappa shape index (κ2) is 5.12. The minimum atomic E-state index is -2.88. The van der Waals surface area contributed by atoms with Crippen LogP contribution in [-0.2, 0) is 9.84 Å². The Morgan fingerprint density at radius 3 is 2.79 bits per heavy atom. The molecule has 1 aliphatic rings. The number of aromatic nitrogens is 1. The standard InChI is InChI=1S/C11H15N3O4S/c1-8-10(14(15)16)2-3-11(13-8)12-6-9-4-5-19(17,18)7-9/h2-3,9H,4-7H2,1H3,(H,12,13). The van der Waals surface area contributed by atoms with E-state index in [2.05, 4.69) is 10.3 Å². The number of hydrogen-bond acceptors (Lipinski definition) is 6. The zero-order chi connectivity index (χ0) is 14.0. The van der Waals surface area contributed by atoms with Gasteiger partial charge in [0.15, 0.2) is 9.84 Å². The van der Waals surface area contributed by atoms with Gasteiger partial charge in [0, 0.05) is 12.6 Å². The third kappa shape index (κ3) is 3.40. The summed E-state index contributed by atoms with van der Waals surface area (Å²) in [4.78, 5) is 14.3. The van der Waals surface area contributed by atoms with Gasteiger partial charge in [0.2, 0.25) is 0 Å². The molecule has 1 aliphatic heterocycles. The smallest absolute Gasteiger partial charge is 0.290 e. The number of nitrogens with one attached hydrogen (secondary N) is 1. The van der Waals surface area contributed by atoms with Gasteiger partial charge >= 0.3 is 0 Å². The Kier molecular flexibility index (Phi) is 3.70. The van der Waals surface area contributed by atoms with Crippen molar-refractivity contribution in [2.24, 2.45) is 5.92 Å². The van der Waals surface area contributed by atoms with Gasteiger partial charge in [-0.05, 0) is 25.3 Å². The van der Waals surface area contributed by atoms with Gasteiger partial charge in [0.1, 0.15) is 11.5 Å². The van der Waals surface area contributed by atoms with E-state index in [9.17, 15) is 18.5 Å². The van der Waals surface area contributed by atoms with Gasteiger partial charge in [0.25, 0.3) is 5.69 Å². The fourth-order valence-electron chi connectivity index (χ4n) is 2.13. The summed E-state index contributed by atoms with van der Waals surface area (Å²) in [6, 6.07) is 2.94. The molecular weight excluding hydrogens is 270 g/mol. The highest BCUT2D eigenvalue weighted by Gasteiger charge is 2.27. The number of anilines is 1. The molecule has 0 aromatic carbocycles. The number of hydrogen-bond donors (Lipinski definition) is 1. The minimum Gasteiger partial charge on any atom is -0.370 e. The Bertz CT molecular complexity index is 600. The fraction of sp³-hybridized carbons (Fsp3) is 0.545. The highest BCUT2D eigenvalue weighted by molar-refractivity contribution is 7.91. The summed E-state index contributed by atoms with van der Waals surface area (Å²) in [5, 5.41) is 13.7. The predicted octanol–water partition coefficient (Wildman–Crippen LogP) is 1.14. The average molecular weight is 285 g/mol. The quantitative estimate of drug-likeness (QED) is 0.657. The van der Waals surface area contributed by atoms with Crippen LogP contribution >= 0.6 is 0 Å². The van der Waals surface area contributed by atoms with Crippen LogP contribution in [0.15, 0.2) is 12.1 Å². The van der Waals surface area contributed by atoms with Crippen LogP contribution in [0.1, 0.15) is 12.1 Å². The van der Waals surface area contributed by atoms with Crippen LogP contribution in [0.2, 0.25) is 0 Å². The maximum absolute atomic E-state index is 11.3. The highest BCUT2D eigenvalue weighted by atomic mass is 32.2. The summed E-state index contributed by atoms with van der Waals surface area (Å²) in [7, 11) is -2.88. The van der Waals surface area contributed by atoms with E-state index in [0.29, 0.717) is 24.5 Å². The van der Waals surface area contributed by atoms with Crippen molar-refractivity contribution >= 4 is 21.3 Å². The molecule has 1 fully saturated rings. The van der Waals surface area contributed by atoms with E-state index in [4.69, 9.17) is 0 Å². The van der Waals surface area contributed by atoms with E-state index in [1.165, 1.54) is 12.1 Å². The molecule has 1 saturated heterocycles. The molecule has 2 rings (SSSR count). The molecule has 2 heterocycles. The van der Waals surface area contributed by atoms with E-state index < -0.39 is 14.8 Å². The van der Waals surface area contributed by atoms with Gasteiger partial charge < -0.3 is 5.32 Å². The molecule has 19 heavy (non-hydrogen) atoms. The van der Waals surface area contributed by atoms with Crippen LogP contribution in [0.5, 0.6) is 0 Å². The topological polar surface area (TPSA) is 102 Å². The lowest BCUT2D eigenvalue weighted by Gasteiger charge is -2.10. The monoisotopic (exact) mass is 285 g/mol. The van der Waals surface area contributed by atoms with Crippen molar-refractivity contribution in [1.82, 2.24) is 4.98 Å². The van der Waals surface area contributed by atoms with Gasteiger partial charge in [-0.3, -0.25) is 10.1 Å². The third-order valence-electron chi connectivity index (χ3n) is 3.15. The van der Waals surface area contributed by atoms with Crippen LogP contribution in [0.4, 0.5) is 11.5 Å². The molecule has 0 radical (unpaired) electrons. The summed E-state index contributed by atoms with van der Waals surface area (Å²) in [5.41, 5.74) is 0.322. The molecule has 1 aromatic heterocycles. The maximum Gasteiger partial charge on any atom is 0.290 e. The first kappa shape index (κ1) is 13.7. The van der Waals surface area contributed by atoms with Crippen molar-refractivity contribution in [2.45, 2.75) is 13.3 Å². The second-order valence-electron chi connectivity index (χ2n) is 4.71. The molecule has 1 unspecified atom stereocenters. The SMILES string of the molecule is Cc1nc(NCC2CCS(=O)(=O)C2)ccc1[N+](=O)[O-]. The Morgan fingerprint density at radius 1 is 1.53 bits per heavy atom. The number of pyridine rings is 1. The summed E-state index contributed by atoms with van der Waals surface area (Å²) >= 11 is 0. The van der Waals surface area contributed by atoms with Crippen molar-refractivity contribution < 1.29 is 13.3 Å². The summed E-state index contributed by atoms with van der Waals surface area (Å²) in [5.74, 6) is 1.06. The lowest BCUT2D eigenvalue weighted by Crippen LogP contribution is -2.16. The van der Waals surface area contributed by atoms with Crippen LogP contribution in [0.25, 0.3) is 0 Å². The zero-order valence-electron chi connectivity index (χ0n) is 10.5. The number of nitrogens with zero attached hydrogens (tertiary/aromatic N) is 2. The third-order valence-corrected chi connectivity index (χ3v) is 4.99. The van der Waals surface area contributed by atoms with Crippen LogP contribution < -0.4 is 5.32 Å². The van der Waals surface area contributed by atoms with Crippen molar-refractivity contribution in [3.05, 3.63) is 27.9 Å². The van der Waals surface area contributed by atoms with Gasteiger partial charge in [-0.2, -0.15) is 0 Å². The first-order valence-electron chi connectivity index (χ1n) is 5.94. The Morgan fingerprint density at radius 2 is 2.26 bits per heavy atom. The molecule has 1 atom stereocenters. The van der Waals surface area contributed by atoms with E-state index in [1.807, 2.05) is 0 Å². The largest absolute Gasteiger partial charge is 0.370 e. The van der Waals surface area contributed by atoms with Crippen molar-refractivity contribution in [3.8, 4) is 0 Å². The number of sulfone groups is 1. The number of rotatable bonds is 4. The van der Waals surface area contributed by atoms with Crippen LogP contribution in [0.3, 0.4) is 0 Å². The molecule has 1 aromatic rings. The number of aryl methyl sites for hydroxylation is 1. The highest BCUT2D eigenvalue weighted by Crippen LogP contribution is 2.21. The Balaban J connectivity index is 1.97. The Labute approximate surface area is 111 Å². The van der Waals surface area contributed by atoms with Crippen molar-refractivity contribution in [1.29, 1.82) is 0 Å². The molecule has 0 saturated carbocycles. The molecule has 7 nitrogen and oxygen atoms in total. The van der Waals surface area contributed by atoms with E-state index in [-0.39, 0.29) is 23.1 Å². The lowest BCUT2D eigenvalue weighted by molar-refractivity contribution is -0.385. The van der Waals surface area contributed by atoms with Gasteiger partial charge in [0.05, 0.1) is 16.4 Å². The summed E-state index contributed by atoms with van der Waals surface area (Å²) in [6.07, 6.45) is 0.654. The van der Waals surface area contributed by atoms with Crippen LogP contribution in [0, 0.1) is 23.0 Å². The van der Waals surface area contributed by atoms with Crippen LogP contribution in [-0.4, -0.2) is 36.4 Å². The first-order valence-corrected chi connectivity index (χ1v) is 7.76. The second-order valence-corrected chi connectivity index (χ2v) is 6.94. The molecule has 0 bridgehead atoms. The Hall–Kier alpha value is -1.70. The molecule has 0 aliphatic carbocycles. The fourth-order valence-corrected chi connectivity index (χ4v) is 3.99. The van der Waals surface area contributed by atoms with Gasteiger partial charge in [-0.15, -0.1) is 0 Å². The minimum absolute atomic E-state index is 0.0194. The molecule has 0 spiro atoms. The zero-order valence-corrected chi connectivity index (χ0v) is 11.3. The average Bonchev–Trinajstić information content (AvgIpc) is 2.66. The lowest BCUT2D eigenvalue weighted by atomic mass is 10.1. The first-order chi connectivity index (χ1) is 8.87. The van der Waals surface area contributed by atoms with Gasteiger partial charge in [-0.1, -0.05) is 0 Å². The normalized spacial score (nSPS) is 21.2. The predicted molar refractivity (Wildman–Crippen MR) is 70.9 cm³/mol. The molecular formula is C11H15N3O4S. The maximum atomic E-state index is 11.3. The molecule has 8 heteroatoms. The molecule has 1 N–H and O–H groups in total. The van der Waals surface area contributed by atoms with Crippen molar-refractivity contribution in [2.75, 3.05) is 23.4 Å². The van der Waals surface area contributed by atoms with E-state index >= 15 is 0 Å². The molecule has 0 amide bonds. The molecule has 104 valence electrons. The van der Waals surface area contributed by atoms with E-state index in [1.54, 1.807) is 6.92 Å². The summed E-state index contributed by atoms with van der Waals surface area (Å²) in [6.45, 7) is 2.09. The van der Waals surface area contributed by atoms with E-state index in [0.717, 1.165) is 0 Å². The van der Waals surface area contributed by atoms with Crippen molar-refractivity contribution in [3.63, 3.8) is 0 Å². The van der Waals surface area contributed by atoms with Gasteiger partial charge in [-0.25, -0.2) is 13.4 Å². The number of nitro groups is 1. The summed E-state index contributed by atoms with van der Waals surface area (Å²) < 4.78 is 22.6.